The van der Waals surface area contributed by atoms with E-state index in [0.29, 0.717) is 11.8 Å². The Morgan fingerprint density at radius 1 is 0.844 bits per heavy atom. The third-order valence-electron chi connectivity index (χ3n) is 8.33. The normalized spacial score (nSPS) is 28.1. The fourth-order valence-corrected chi connectivity index (χ4v) is 5.82. The van der Waals surface area contributed by atoms with Crippen molar-refractivity contribution < 1.29 is 0 Å². The first-order valence-corrected chi connectivity index (χ1v) is 12.8. The van der Waals surface area contributed by atoms with Crippen LogP contribution in [0.5, 0.6) is 0 Å². The van der Waals surface area contributed by atoms with E-state index in [4.69, 9.17) is 4.98 Å². The topological polar surface area (TPSA) is 57.2 Å². The molecule has 7 rings (SSSR count). The van der Waals surface area contributed by atoms with Gasteiger partial charge >= 0.3 is 0 Å². The summed E-state index contributed by atoms with van der Waals surface area (Å²) in [5.74, 6) is 6.95. The molecule has 2 aromatic heterocycles. The third kappa shape index (κ3) is 4.09. The molecule has 6 heteroatoms. The number of nitrogens with one attached hydrogen (secondary N) is 1. The van der Waals surface area contributed by atoms with Crippen molar-refractivity contribution in [3.8, 4) is 0 Å². The second kappa shape index (κ2) is 7.68. The average Bonchev–Trinajstić information content (AvgIpc) is 3.71. The summed E-state index contributed by atoms with van der Waals surface area (Å²) in [4.78, 5) is 19.5. The quantitative estimate of drug-likeness (QED) is 0.696. The van der Waals surface area contributed by atoms with Gasteiger partial charge in [0.1, 0.15) is 17.5 Å². The van der Waals surface area contributed by atoms with E-state index >= 15 is 0 Å². The molecule has 4 heterocycles. The van der Waals surface area contributed by atoms with Gasteiger partial charge in [0.2, 0.25) is 0 Å². The van der Waals surface area contributed by atoms with Gasteiger partial charge in [0.05, 0.1) is 18.1 Å². The van der Waals surface area contributed by atoms with Crippen molar-refractivity contribution in [2.45, 2.75) is 56.8 Å². The van der Waals surface area contributed by atoms with Crippen LogP contribution in [-0.2, 0) is 0 Å². The van der Waals surface area contributed by atoms with Crippen LogP contribution in [-0.4, -0.2) is 52.6 Å². The van der Waals surface area contributed by atoms with Gasteiger partial charge in [0, 0.05) is 25.6 Å². The molecular formula is C26H34N6. The highest BCUT2D eigenvalue weighted by atomic mass is 15.2. The van der Waals surface area contributed by atoms with Gasteiger partial charge in [-0.15, -0.1) is 0 Å². The zero-order chi connectivity index (χ0) is 21.1. The molecule has 5 aliphatic rings. The molecule has 168 valence electrons. The predicted octanol–water partition coefficient (Wildman–Crippen LogP) is 4.54. The largest absolute Gasteiger partial charge is 0.356 e. The average molecular weight is 431 g/mol. The molecule has 0 radical (unpaired) electrons. The minimum Gasteiger partial charge on any atom is -0.356 e. The lowest BCUT2D eigenvalue weighted by atomic mass is 9.89. The summed E-state index contributed by atoms with van der Waals surface area (Å²) >= 11 is 0. The van der Waals surface area contributed by atoms with E-state index in [9.17, 15) is 0 Å². The Kier molecular flexibility index (Phi) is 4.63. The second-order valence-corrected chi connectivity index (χ2v) is 11.0. The van der Waals surface area contributed by atoms with Crippen LogP contribution in [0.3, 0.4) is 0 Å². The van der Waals surface area contributed by atoms with Gasteiger partial charge in [0.15, 0.2) is 0 Å². The fourth-order valence-electron chi connectivity index (χ4n) is 5.82. The maximum absolute atomic E-state index is 5.03. The van der Waals surface area contributed by atoms with E-state index in [-0.39, 0.29) is 0 Å². The Morgan fingerprint density at radius 3 is 2.34 bits per heavy atom. The number of rotatable bonds is 7. The molecule has 32 heavy (non-hydrogen) atoms. The summed E-state index contributed by atoms with van der Waals surface area (Å²) < 4.78 is 0. The first kappa shape index (κ1) is 19.3. The Balaban J connectivity index is 1.11. The molecule has 2 atom stereocenters. The molecule has 2 unspecified atom stereocenters. The van der Waals surface area contributed by atoms with Crippen molar-refractivity contribution in [1.29, 1.82) is 0 Å². The first-order chi connectivity index (χ1) is 15.8. The van der Waals surface area contributed by atoms with Crippen LogP contribution >= 0.6 is 0 Å². The number of anilines is 3. The molecular weight excluding hydrogens is 396 g/mol. The van der Waals surface area contributed by atoms with E-state index in [0.717, 1.165) is 40.9 Å². The number of hydrogen-bond donors (Lipinski definition) is 1. The number of pyridine rings is 1. The van der Waals surface area contributed by atoms with Crippen molar-refractivity contribution in [3.05, 3.63) is 35.8 Å². The Labute approximate surface area is 190 Å². The Morgan fingerprint density at radius 2 is 1.66 bits per heavy atom. The number of likely N-dealkylation sites (tertiary alicyclic amines) is 1. The lowest BCUT2D eigenvalue weighted by Gasteiger charge is -2.33. The zero-order valence-corrected chi connectivity index (χ0v) is 18.9. The summed E-state index contributed by atoms with van der Waals surface area (Å²) in [6.07, 6.45) is 13.2. The van der Waals surface area contributed by atoms with Gasteiger partial charge in [-0.3, -0.25) is 4.98 Å². The molecule has 2 aromatic rings. The highest BCUT2D eigenvalue weighted by molar-refractivity contribution is 5.58. The molecule has 0 amide bonds. The molecule has 3 aliphatic carbocycles. The molecule has 3 saturated carbocycles. The Bertz CT molecular complexity index is 964. The number of aromatic nitrogens is 3. The molecule has 6 nitrogen and oxygen atoms in total. The maximum Gasteiger partial charge on any atom is 0.150 e. The molecule has 2 saturated heterocycles. The van der Waals surface area contributed by atoms with Crippen molar-refractivity contribution in [1.82, 2.24) is 19.9 Å². The van der Waals surface area contributed by atoms with Crippen LogP contribution in [0, 0.1) is 17.8 Å². The summed E-state index contributed by atoms with van der Waals surface area (Å²) in [5, 5.41) is 3.48. The van der Waals surface area contributed by atoms with Gasteiger partial charge in [0.25, 0.3) is 0 Å². The summed E-state index contributed by atoms with van der Waals surface area (Å²) in [6, 6.07) is 4.66. The van der Waals surface area contributed by atoms with Crippen LogP contribution in [0.1, 0.15) is 68.0 Å². The van der Waals surface area contributed by atoms with Crippen molar-refractivity contribution in [2.24, 2.45) is 17.8 Å². The smallest absolute Gasteiger partial charge is 0.150 e. The predicted molar refractivity (Wildman–Crippen MR) is 126 cm³/mol. The first-order valence-electron chi connectivity index (χ1n) is 12.8. The molecule has 0 bridgehead atoms. The van der Waals surface area contributed by atoms with E-state index in [1.165, 1.54) is 83.2 Å². The lowest BCUT2D eigenvalue weighted by molar-refractivity contribution is 0.204. The van der Waals surface area contributed by atoms with Crippen molar-refractivity contribution in [2.75, 3.05) is 42.9 Å². The fraction of sp³-hybridized carbons (Fsp3) is 0.654. The van der Waals surface area contributed by atoms with Crippen LogP contribution in [0.2, 0.25) is 0 Å². The SMILES string of the molecule is c1nc(C2CC2)cnc1Nc1cc(C2CCN(CC3CC3)CC2)cc(N2CC3CC3C2)n1. The van der Waals surface area contributed by atoms with Gasteiger partial charge in [-0.2, -0.15) is 0 Å². The zero-order valence-electron chi connectivity index (χ0n) is 18.9. The van der Waals surface area contributed by atoms with Gasteiger partial charge < -0.3 is 15.1 Å². The second-order valence-electron chi connectivity index (χ2n) is 11.0. The number of fused-ring (bicyclic) bond motifs is 1. The van der Waals surface area contributed by atoms with E-state index in [1.807, 2.05) is 12.4 Å². The lowest BCUT2D eigenvalue weighted by Crippen LogP contribution is -2.34. The minimum absolute atomic E-state index is 0.633. The highest BCUT2D eigenvalue weighted by Crippen LogP contribution is 2.46. The summed E-state index contributed by atoms with van der Waals surface area (Å²) in [7, 11) is 0. The highest BCUT2D eigenvalue weighted by Gasteiger charge is 2.45. The standard InChI is InChI=1S/C26H34N6/c1-2-17(1)14-31-7-5-18(6-8-31)20-10-24(29-25-13-27-23(12-28-25)19-3-4-19)30-26(11-20)32-15-21-9-22(21)16-32/h10-13,17-19,21-22H,1-9,14-16H2,(H,28,29,30). The van der Waals surface area contributed by atoms with E-state index < -0.39 is 0 Å². The van der Waals surface area contributed by atoms with E-state index in [1.54, 1.807) is 0 Å². The van der Waals surface area contributed by atoms with Crippen molar-refractivity contribution >= 4 is 17.5 Å². The maximum atomic E-state index is 5.03. The number of nitrogens with zero attached hydrogens (tertiary/aromatic N) is 5. The third-order valence-corrected chi connectivity index (χ3v) is 8.33. The van der Waals surface area contributed by atoms with Gasteiger partial charge in [-0.05, 0) is 99.4 Å². The monoisotopic (exact) mass is 430 g/mol. The van der Waals surface area contributed by atoms with Gasteiger partial charge in [-0.1, -0.05) is 0 Å². The number of hydrogen-bond acceptors (Lipinski definition) is 6. The van der Waals surface area contributed by atoms with Crippen LogP contribution < -0.4 is 10.2 Å². The summed E-state index contributed by atoms with van der Waals surface area (Å²) in [5.41, 5.74) is 2.58. The Hall–Kier alpha value is -2.21. The molecule has 5 fully saturated rings. The van der Waals surface area contributed by atoms with Crippen molar-refractivity contribution in [3.63, 3.8) is 0 Å². The van der Waals surface area contributed by atoms with Crippen LogP contribution in [0.15, 0.2) is 24.5 Å². The van der Waals surface area contributed by atoms with E-state index in [2.05, 4.69) is 37.2 Å². The molecule has 1 N–H and O–H groups in total. The van der Waals surface area contributed by atoms with Crippen LogP contribution in [0.25, 0.3) is 0 Å². The number of piperidine rings is 2. The molecule has 0 aromatic carbocycles. The minimum atomic E-state index is 0.633. The van der Waals surface area contributed by atoms with Crippen LogP contribution in [0.4, 0.5) is 17.5 Å². The molecule has 2 aliphatic heterocycles. The molecule has 0 spiro atoms. The van der Waals surface area contributed by atoms with Gasteiger partial charge in [-0.25, -0.2) is 9.97 Å². The summed E-state index contributed by atoms with van der Waals surface area (Å²) in [6.45, 7) is 6.16.